The third kappa shape index (κ3) is 6.70. The Morgan fingerprint density at radius 3 is 2.23 bits per heavy atom. The molecule has 0 aliphatic heterocycles. The Bertz CT molecular complexity index is 897. The molecular formula is C24H33FN4O2. The van der Waals surface area contributed by atoms with Crippen molar-refractivity contribution >= 4 is 23.3 Å². The third-order valence-electron chi connectivity index (χ3n) is 5.05. The van der Waals surface area contributed by atoms with Gasteiger partial charge in [-0.1, -0.05) is 6.92 Å². The summed E-state index contributed by atoms with van der Waals surface area (Å²) in [5.74, 6) is -0.532. The molecule has 0 fully saturated rings. The zero-order chi connectivity index (χ0) is 23.1. The van der Waals surface area contributed by atoms with Crippen LogP contribution in [0.1, 0.15) is 50.0 Å². The zero-order valence-electron chi connectivity index (χ0n) is 19.2. The van der Waals surface area contributed by atoms with Gasteiger partial charge in [0.2, 0.25) is 0 Å². The second-order valence-electron chi connectivity index (χ2n) is 8.19. The Hall–Kier alpha value is -3.09. The summed E-state index contributed by atoms with van der Waals surface area (Å²) in [4.78, 5) is 29.1. The van der Waals surface area contributed by atoms with Gasteiger partial charge in [0.05, 0.1) is 0 Å². The SMILES string of the molecule is CC[C@H](C)N(Cc1cc(NC(=O)NC(C)C)ccc1N(C)C)C(=O)c1ccc(F)cc1. The molecule has 2 aromatic carbocycles. The maximum atomic E-state index is 13.3. The number of rotatable bonds is 8. The highest BCUT2D eigenvalue weighted by Gasteiger charge is 2.23. The van der Waals surface area contributed by atoms with E-state index in [4.69, 9.17) is 0 Å². The second-order valence-corrected chi connectivity index (χ2v) is 8.19. The number of nitrogens with zero attached hydrogens (tertiary/aromatic N) is 2. The van der Waals surface area contributed by atoms with E-state index < -0.39 is 0 Å². The first-order valence-corrected chi connectivity index (χ1v) is 10.6. The normalized spacial score (nSPS) is 11.7. The summed E-state index contributed by atoms with van der Waals surface area (Å²) in [6.07, 6.45) is 0.777. The fourth-order valence-corrected chi connectivity index (χ4v) is 3.25. The molecule has 0 radical (unpaired) electrons. The quantitative estimate of drug-likeness (QED) is 0.631. The van der Waals surface area contributed by atoms with Gasteiger partial charge in [0.1, 0.15) is 5.82 Å². The van der Waals surface area contributed by atoms with Crippen molar-refractivity contribution in [2.45, 2.75) is 52.7 Å². The summed E-state index contributed by atoms with van der Waals surface area (Å²) >= 11 is 0. The van der Waals surface area contributed by atoms with Crippen molar-refractivity contribution in [1.29, 1.82) is 0 Å². The van der Waals surface area contributed by atoms with Gasteiger partial charge in [-0.15, -0.1) is 0 Å². The van der Waals surface area contributed by atoms with Crippen LogP contribution in [0.3, 0.4) is 0 Å². The van der Waals surface area contributed by atoms with E-state index in [1.165, 1.54) is 24.3 Å². The molecular weight excluding hydrogens is 395 g/mol. The first kappa shape index (κ1) is 24.2. The van der Waals surface area contributed by atoms with Crippen LogP contribution in [0.5, 0.6) is 0 Å². The van der Waals surface area contributed by atoms with Crippen molar-refractivity contribution in [3.05, 3.63) is 59.4 Å². The number of carbonyl (C=O) groups is 2. The molecule has 0 bridgehead atoms. The Kier molecular flexibility index (Phi) is 8.42. The van der Waals surface area contributed by atoms with Gasteiger partial charge in [-0.25, -0.2) is 9.18 Å². The number of anilines is 2. The smallest absolute Gasteiger partial charge is 0.319 e. The number of benzene rings is 2. The van der Waals surface area contributed by atoms with Gasteiger partial charge in [-0.3, -0.25) is 4.79 Å². The summed E-state index contributed by atoms with van der Waals surface area (Å²) in [6, 6.07) is 11.0. The highest BCUT2D eigenvalue weighted by Crippen LogP contribution is 2.26. The van der Waals surface area contributed by atoms with Gasteiger partial charge < -0.3 is 20.4 Å². The van der Waals surface area contributed by atoms with Crippen LogP contribution < -0.4 is 15.5 Å². The number of carbonyl (C=O) groups excluding carboxylic acids is 2. The van der Waals surface area contributed by atoms with Crippen LogP contribution in [0.25, 0.3) is 0 Å². The van der Waals surface area contributed by atoms with Gasteiger partial charge in [0.25, 0.3) is 5.91 Å². The van der Waals surface area contributed by atoms with Crippen LogP contribution in [-0.4, -0.2) is 43.0 Å². The van der Waals surface area contributed by atoms with Crippen molar-refractivity contribution in [2.24, 2.45) is 0 Å². The molecule has 0 unspecified atom stereocenters. The fraction of sp³-hybridized carbons (Fsp3) is 0.417. The number of nitrogens with one attached hydrogen (secondary N) is 2. The minimum atomic E-state index is -0.375. The Labute approximate surface area is 184 Å². The fourth-order valence-electron chi connectivity index (χ4n) is 3.25. The van der Waals surface area contributed by atoms with Crippen LogP contribution in [0, 0.1) is 5.82 Å². The van der Waals surface area contributed by atoms with Crippen molar-refractivity contribution in [2.75, 3.05) is 24.3 Å². The maximum absolute atomic E-state index is 13.3. The van der Waals surface area contributed by atoms with E-state index in [2.05, 4.69) is 10.6 Å². The summed E-state index contributed by atoms with van der Waals surface area (Å²) < 4.78 is 13.3. The molecule has 0 heterocycles. The lowest BCUT2D eigenvalue weighted by atomic mass is 10.1. The third-order valence-corrected chi connectivity index (χ3v) is 5.05. The van der Waals surface area contributed by atoms with E-state index in [0.717, 1.165) is 17.7 Å². The van der Waals surface area contributed by atoms with Crippen LogP contribution >= 0.6 is 0 Å². The average molecular weight is 429 g/mol. The molecule has 0 saturated heterocycles. The molecule has 2 aromatic rings. The van der Waals surface area contributed by atoms with Gasteiger partial charge in [-0.2, -0.15) is 0 Å². The summed E-state index contributed by atoms with van der Waals surface area (Å²) in [5, 5.41) is 5.65. The monoisotopic (exact) mass is 428 g/mol. The van der Waals surface area contributed by atoms with E-state index in [-0.39, 0.29) is 29.8 Å². The average Bonchev–Trinajstić information content (AvgIpc) is 2.70. The Balaban J connectivity index is 2.37. The van der Waals surface area contributed by atoms with Crippen LogP contribution in [0.15, 0.2) is 42.5 Å². The first-order chi connectivity index (χ1) is 14.6. The minimum Gasteiger partial charge on any atom is -0.377 e. The van der Waals surface area contributed by atoms with Gasteiger partial charge >= 0.3 is 6.03 Å². The molecule has 31 heavy (non-hydrogen) atoms. The highest BCUT2D eigenvalue weighted by atomic mass is 19.1. The van der Waals surface area contributed by atoms with Crippen molar-refractivity contribution in [3.8, 4) is 0 Å². The summed E-state index contributed by atoms with van der Waals surface area (Å²) in [6.45, 7) is 8.17. The van der Waals surface area contributed by atoms with Crippen molar-refractivity contribution < 1.29 is 14.0 Å². The number of urea groups is 1. The number of hydrogen-bond donors (Lipinski definition) is 2. The van der Waals surface area contributed by atoms with Crippen LogP contribution in [-0.2, 0) is 6.54 Å². The summed E-state index contributed by atoms with van der Waals surface area (Å²) in [5.41, 5.74) is 2.95. The van der Waals surface area contributed by atoms with E-state index in [1.54, 1.807) is 4.90 Å². The zero-order valence-corrected chi connectivity index (χ0v) is 19.2. The molecule has 2 N–H and O–H groups in total. The van der Waals surface area contributed by atoms with E-state index >= 15 is 0 Å². The van der Waals surface area contributed by atoms with Crippen molar-refractivity contribution in [3.63, 3.8) is 0 Å². The van der Waals surface area contributed by atoms with Gasteiger partial charge in [0.15, 0.2) is 0 Å². The molecule has 0 spiro atoms. The molecule has 0 aliphatic rings. The standard InChI is InChI=1S/C24H33FN4O2/c1-7-17(4)29(23(30)18-8-10-20(25)11-9-18)15-19-14-21(12-13-22(19)28(5)6)27-24(31)26-16(2)3/h8-14,16-17H,7,15H2,1-6H3,(H2,26,27,31)/t17-/m0/s1. The molecule has 0 aromatic heterocycles. The van der Waals surface area contributed by atoms with Crippen LogP contribution in [0.2, 0.25) is 0 Å². The lowest BCUT2D eigenvalue weighted by Crippen LogP contribution is -2.38. The van der Waals surface area contributed by atoms with E-state index in [0.29, 0.717) is 17.8 Å². The predicted molar refractivity (Wildman–Crippen MR) is 124 cm³/mol. The molecule has 0 aliphatic carbocycles. The molecule has 7 heteroatoms. The number of amides is 3. The Morgan fingerprint density at radius 1 is 1.03 bits per heavy atom. The molecule has 0 saturated carbocycles. The second kappa shape index (κ2) is 10.8. The Morgan fingerprint density at radius 2 is 1.68 bits per heavy atom. The number of hydrogen-bond acceptors (Lipinski definition) is 3. The van der Waals surface area contributed by atoms with Crippen molar-refractivity contribution in [1.82, 2.24) is 10.2 Å². The molecule has 168 valence electrons. The van der Waals surface area contributed by atoms with Gasteiger partial charge in [-0.05, 0) is 75.2 Å². The summed E-state index contributed by atoms with van der Waals surface area (Å²) in [7, 11) is 3.87. The largest absolute Gasteiger partial charge is 0.377 e. The topological polar surface area (TPSA) is 64.7 Å². The maximum Gasteiger partial charge on any atom is 0.319 e. The first-order valence-electron chi connectivity index (χ1n) is 10.6. The molecule has 2 rings (SSSR count). The molecule has 1 atom stereocenters. The van der Waals surface area contributed by atoms with E-state index in [1.807, 2.05) is 64.9 Å². The number of halogens is 1. The highest BCUT2D eigenvalue weighted by molar-refractivity contribution is 5.94. The predicted octanol–water partition coefficient (Wildman–Crippen LogP) is 4.86. The van der Waals surface area contributed by atoms with Gasteiger partial charge in [0, 0.05) is 49.7 Å². The molecule has 3 amide bonds. The molecule has 6 nitrogen and oxygen atoms in total. The van der Waals surface area contributed by atoms with E-state index in [9.17, 15) is 14.0 Å². The lowest BCUT2D eigenvalue weighted by molar-refractivity contribution is 0.0672. The lowest BCUT2D eigenvalue weighted by Gasteiger charge is -2.31. The minimum absolute atomic E-state index is 0.0200. The van der Waals surface area contributed by atoms with Crippen LogP contribution in [0.4, 0.5) is 20.6 Å².